The van der Waals surface area contributed by atoms with Crippen LogP contribution < -0.4 is 0 Å². The van der Waals surface area contributed by atoms with Crippen LogP contribution in [-0.2, 0) is 9.59 Å². The predicted molar refractivity (Wildman–Crippen MR) is 99.2 cm³/mol. The van der Waals surface area contributed by atoms with Gasteiger partial charge in [-0.2, -0.15) is 0 Å². The third kappa shape index (κ3) is 3.73. The zero-order valence-electron chi connectivity index (χ0n) is 15.5. The molecule has 1 aromatic rings. The van der Waals surface area contributed by atoms with Crippen molar-refractivity contribution in [3.63, 3.8) is 0 Å². The Kier molecular flexibility index (Phi) is 5.77. The fourth-order valence-corrected chi connectivity index (χ4v) is 4.64. The van der Waals surface area contributed by atoms with Crippen molar-refractivity contribution in [1.82, 2.24) is 9.80 Å². The molecule has 0 aromatic heterocycles. The quantitative estimate of drug-likeness (QED) is 0.842. The standard InChI is InChI=1S/C21H30N2O2/c1-3-10-20(25)23-15-18(17-11-6-4-7-12-17)21-19(23)13-8-5-9-14-22(21)16(2)24/h4,6-7,11-12,18-19,21H,3,5,8-10,13-15H2,1-2H3/t18-,19+,21-/m0/s1. The second kappa shape index (κ2) is 8.03. The van der Waals surface area contributed by atoms with Gasteiger partial charge >= 0.3 is 0 Å². The second-order valence-electron chi connectivity index (χ2n) is 7.43. The summed E-state index contributed by atoms with van der Waals surface area (Å²) in [6.45, 7) is 5.29. The molecule has 2 heterocycles. The van der Waals surface area contributed by atoms with Crippen LogP contribution >= 0.6 is 0 Å². The van der Waals surface area contributed by atoms with Gasteiger partial charge in [0.15, 0.2) is 0 Å². The minimum absolute atomic E-state index is 0.112. The first-order valence-electron chi connectivity index (χ1n) is 9.75. The zero-order chi connectivity index (χ0) is 17.8. The molecule has 1 aromatic carbocycles. The number of hydrogen-bond donors (Lipinski definition) is 0. The van der Waals surface area contributed by atoms with Crippen LogP contribution in [0.25, 0.3) is 0 Å². The van der Waals surface area contributed by atoms with Gasteiger partial charge in [-0.15, -0.1) is 0 Å². The molecule has 2 saturated heterocycles. The van der Waals surface area contributed by atoms with E-state index in [1.54, 1.807) is 6.92 Å². The molecule has 0 spiro atoms. The first-order chi connectivity index (χ1) is 12.1. The van der Waals surface area contributed by atoms with E-state index in [4.69, 9.17) is 0 Å². The van der Waals surface area contributed by atoms with Crippen LogP contribution in [0.2, 0.25) is 0 Å². The van der Waals surface area contributed by atoms with E-state index in [9.17, 15) is 9.59 Å². The van der Waals surface area contributed by atoms with Gasteiger partial charge in [0.1, 0.15) is 0 Å². The molecule has 0 N–H and O–H groups in total. The van der Waals surface area contributed by atoms with Gasteiger partial charge in [-0.3, -0.25) is 9.59 Å². The molecule has 4 nitrogen and oxygen atoms in total. The summed E-state index contributed by atoms with van der Waals surface area (Å²) in [4.78, 5) is 29.3. The van der Waals surface area contributed by atoms with Crippen molar-refractivity contribution < 1.29 is 9.59 Å². The molecule has 3 rings (SSSR count). The molecule has 2 aliphatic heterocycles. The molecule has 0 unspecified atom stereocenters. The number of fused-ring (bicyclic) bond motifs is 1. The lowest BCUT2D eigenvalue weighted by atomic mass is 9.87. The van der Waals surface area contributed by atoms with Crippen LogP contribution in [0.3, 0.4) is 0 Å². The Morgan fingerprint density at radius 2 is 1.84 bits per heavy atom. The Balaban J connectivity index is 1.98. The smallest absolute Gasteiger partial charge is 0.222 e. The minimum Gasteiger partial charge on any atom is -0.337 e. The average molecular weight is 342 g/mol. The maximum atomic E-state index is 12.8. The fraction of sp³-hybridized carbons (Fsp3) is 0.619. The van der Waals surface area contributed by atoms with Crippen LogP contribution in [-0.4, -0.2) is 46.8 Å². The van der Waals surface area contributed by atoms with Crippen LogP contribution in [0, 0.1) is 0 Å². The number of amides is 2. The summed E-state index contributed by atoms with van der Waals surface area (Å²) in [5, 5.41) is 0. The van der Waals surface area contributed by atoms with E-state index in [2.05, 4.69) is 41.0 Å². The molecule has 136 valence electrons. The normalized spacial score (nSPS) is 26.7. The zero-order valence-corrected chi connectivity index (χ0v) is 15.5. The Labute approximate surface area is 151 Å². The van der Waals surface area contributed by atoms with E-state index in [-0.39, 0.29) is 29.8 Å². The maximum absolute atomic E-state index is 12.8. The average Bonchev–Trinajstić information content (AvgIpc) is 2.94. The van der Waals surface area contributed by atoms with Crippen molar-refractivity contribution in [3.8, 4) is 0 Å². The molecule has 0 bridgehead atoms. The molecular formula is C21H30N2O2. The lowest BCUT2D eigenvalue weighted by molar-refractivity contribution is -0.136. The monoisotopic (exact) mass is 342 g/mol. The van der Waals surface area contributed by atoms with Crippen LogP contribution in [0.15, 0.2) is 30.3 Å². The van der Waals surface area contributed by atoms with Crippen LogP contribution in [0.5, 0.6) is 0 Å². The highest BCUT2D eigenvalue weighted by Crippen LogP contribution is 2.39. The SMILES string of the molecule is CCCC(=O)N1C[C@@H](c2ccccc2)[C@H]2[C@H]1CCCCCN2C(C)=O. The highest BCUT2D eigenvalue weighted by atomic mass is 16.2. The number of nitrogens with zero attached hydrogens (tertiary/aromatic N) is 2. The summed E-state index contributed by atoms with van der Waals surface area (Å²) >= 11 is 0. The van der Waals surface area contributed by atoms with Gasteiger partial charge in [0.2, 0.25) is 11.8 Å². The van der Waals surface area contributed by atoms with Crippen molar-refractivity contribution >= 4 is 11.8 Å². The van der Waals surface area contributed by atoms with Gasteiger partial charge in [-0.05, 0) is 24.8 Å². The van der Waals surface area contributed by atoms with Crippen molar-refractivity contribution in [1.29, 1.82) is 0 Å². The number of rotatable bonds is 3. The molecular weight excluding hydrogens is 312 g/mol. The molecule has 2 aliphatic rings. The van der Waals surface area contributed by atoms with Crippen molar-refractivity contribution in [3.05, 3.63) is 35.9 Å². The second-order valence-corrected chi connectivity index (χ2v) is 7.43. The number of benzene rings is 1. The summed E-state index contributed by atoms with van der Waals surface area (Å²) in [7, 11) is 0. The van der Waals surface area contributed by atoms with Crippen molar-refractivity contribution in [2.75, 3.05) is 13.1 Å². The Bertz CT molecular complexity index is 601. The highest BCUT2D eigenvalue weighted by molar-refractivity contribution is 5.78. The first-order valence-corrected chi connectivity index (χ1v) is 9.75. The largest absolute Gasteiger partial charge is 0.337 e. The summed E-state index contributed by atoms with van der Waals surface area (Å²) in [5.74, 6) is 0.608. The third-order valence-electron chi connectivity index (χ3n) is 5.78. The highest BCUT2D eigenvalue weighted by Gasteiger charge is 2.47. The molecule has 4 heteroatoms. The number of hydrogen-bond acceptors (Lipinski definition) is 2. The van der Waals surface area contributed by atoms with Gasteiger partial charge in [0.25, 0.3) is 0 Å². The van der Waals surface area contributed by atoms with Crippen LogP contribution in [0.4, 0.5) is 0 Å². The summed E-state index contributed by atoms with van der Waals surface area (Å²) in [5.41, 5.74) is 1.25. The Hall–Kier alpha value is -1.84. The van der Waals surface area contributed by atoms with E-state index in [1.165, 1.54) is 5.56 Å². The minimum atomic E-state index is 0.112. The molecule has 0 saturated carbocycles. The first kappa shape index (κ1) is 18.0. The van der Waals surface area contributed by atoms with E-state index in [0.717, 1.165) is 45.2 Å². The van der Waals surface area contributed by atoms with Gasteiger partial charge in [-0.25, -0.2) is 0 Å². The molecule has 25 heavy (non-hydrogen) atoms. The summed E-state index contributed by atoms with van der Waals surface area (Å²) in [6.07, 6.45) is 5.83. The number of likely N-dealkylation sites (tertiary alicyclic amines) is 2. The lowest BCUT2D eigenvalue weighted by Crippen LogP contribution is -2.51. The summed E-state index contributed by atoms with van der Waals surface area (Å²) in [6, 6.07) is 10.7. The summed E-state index contributed by atoms with van der Waals surface area (Å²) < 4.78 is 0. The van der Waals surface area contributed by atoms with Crippen LogP contribution in [0.1, 0.15) is 63.9 Å². The topological polar surface area (TPSA) is 40.6 Å². The molecule has 3 atom stereocenters. The predicted octanol–water partition coefficient (Wildman–Crippen LogP) is 3.57. The van der Waals surface area contributed by atoms with Gasteiger partial charge < -0.3 is 9.80 Å². The van der Waals surface area contributed by atoms with Gasteiger partial charge in [0.05, 0.1) is 12.1 Å². The van der Waals surface area contributed by atoms with Crippen molar-refractivity contribution in [2.24, 2.45) is 0 Å². The van der Waals surface area contributed by atoms with E-state index in [0.29, 0.717) is 6.42 Å². The van der Waals surface area contributed by atoms with E-state index in [1.807, 2.05) is 6.07 Å². The fourth-order valence-electron chi connectivity index (χ4n) is 4.64. The molecule has 0 aliphatic carbocycles. The number of carbonyl (C=O) groups excluding carboxylic acids is 2. The van der Waals surface area contributed by atoms with Gasteiger partial charge in [-0.1, -0.05) is 50.1 Å². The molecule has 2 amide bonds. The number of carbonyl (C=O) groups is 2. The third-order valence-corrected chi connectivity index (χ3v) is 5.78. The maximum Gasteiger partial charge on any atom is 0.222 e. The molecule has 0 radical (unpaired) electrons. The van der Waals surface area contributed by atoms with E-state index >= 15 is 0 Å². The van der Waals surface area contributed by atoms with E-state index < -0.39 is 0 Å². The molecule has 2 fully saturated rings. The van der Waals surface area contributed by atoms with Crippen molar-refractivity contribution in [2.45, 2.75) is 70.4 Å². The Morgan fingerprint density at radius 3 is 2.52 bits per heavy atom. The van der Waals surface area contributed by atoms with Gasteiger partial charge in [0, 0.05) is 32.4 Å². The Morgan fingerprint density at radius 1 is 1.08 bits per heavy atom. The lowest BCUT2D eigenvalue weighted by Gasteiger charge is -2.38.